The molecule has 1 aliphatic heterocycles. The van der Waals surface area contributed by atoms with Crippen LogP contribution in [-0.2, 0) is 13.0 Å². The first-order chi connectivity index (χ1) is 10.7. The fourth-order valence-electron chi connectivity index (χ4n) is 2.50. The summed E-state index contributed by atoms with van der Waals surface area (Å²) in [5.41, 5.74) is 2.80. The predicted octanol–water partition coefficient (Wildman–Crippen LogP) is 2.90. The Hall–Kier alpha value is -2.21. The maximum Gasteiger partial charge on any atom is 0.170 e. The van der Waals surface area contributed by atoms with Gasteiger partial charge in [-0.05, 0) is 42.9 Å². The fraction of sp³-hybridized carbons (Fsp3) is 0.250. The van der Waals surface area contributed by atoms with Crippen molar-refractivity contribution in [1.82, 2.24) is 15.4 Å². The van der Waals surface area contributed by atoms with Gasteiger partial charge in [0, 0.05) is 24.2 Å². The Kier molecular flexibility index (Phi) is 4.20. The van der Waals surface area contributed by atoms with Crippen LogP contribution in [-0.4, -0.2) is 28.3 Å². The van der Waals surface area contributed by atoms with E-state index in [-0.39, 0.29) is 5.82 Å². The molecular weight excluding hydrogens is 301 g/mol. The van der Waals surface area contributed by atoms with Crippen molar-refractivity contribution in [2.45, 2.75) is 13.0 Å². The summed E-state index contributed by atoms with van der Waals surface area (Å²) in [5.74, 6) is 0.460. The molecule has 0 radical (unpaired) electrons. The summed E-state index contributed by atoms with van der Waals surface area (Å²) in [4.78, 5) is 2.05. The highest BCUT2D eigenvalue weighted by Gasteiger charge is 2.25. The molecular formula is C16H16FN3OS. The molecule has 0 saturated carbocycles. The molecule has 0 aliphatic carbocycles. The third kappa shape index (κ3) is 2.87. The predicted molar refractivity (Wildman–Crippen MR) is 86.8 cm³/mol. The van der Waals surface area contributed by atoms with Gasteiger partial charge < -0.3 is 14.7 Å². The van der Waals surface area contributed by atoms with Gasteiger partial charge in [-0.1, -0.05) is 11.2 Å². The van der Waals surface area contributed by atoms with Crippen LogP contribution in [0.3, 0.4) is 0 Å². The molecule has 2 aromatic rings. The van der Waals surface area contributed by atoms with Crippen molar-refractivity contribution in [2.75, 3.05) is 13.1 Å². The first kappa shape index (κ1) is 14.7. The average molecular weight is 317 g/mol. The molecule has 0 atom stereocenters. The summed E-state index contributed by atoms with van der Waals surface area (Å²) in [6.45, 7) is 5.71. The van der Waals surface area contributed by atoms with Crippen LogP contribution in [0.4, 0.5) is 4.39 Å². The van der Waals surface area contributed by atoms with Crippen LogP contribution in [0.5, 0.6) is 0 Å². The quantitative estimate of drug-likeness (QED) is 0.696. The molecule has 2 heterocycles. The third-order valence-corrected chi connectivity index (χ3v) is 4.04. The second-order valence-electron chi connectivity index (χ2n) is 5.09. The summed E-state index contributed by atoms with van der Waals surface area (Å²) < 4.78 is 18.5. The molecule has 4 nitrogen and oxygen atoms in total. The van der Waals surface area contributed by atoms with E-state index in [1.165, 1.54) is 12.1 Å². The molecule has 1 aliphatic rings. The van der Waals surface area contributed by atoms with Crippen molar-refractivity contribution in [3.8, 4) is 11.3 Å². The van der Waals surface area contributed by atoms with Crippen LogP contribution >= 0.6 is 12.2 Å². The standard InChI is InChI=1S/C16H16FN3OS/c1-2-8-18-16(22)20-9-7-13-14(10-20)19-21-15(13)11-3-5-12(17)6-4-11/h2-6H,1,7-10H2,(H,18,22). The minimum Gasteiger partial charge on any atom is -0.359 e. The Morgan fingerprint density at radius 1 is 1.45 bits per heavy atom. The van der Waals surface area contributed by atoms with Gasteiger partial charge in [-0.15, -0.1) is 6.58 Å². The molecule has 3 rings (SSSR count). The topological polar surface area (TPSA) is 41.3 Å². The molecule has 1 N–H and O–H groups in total. The molecule has 0 amide bonds. The lowest BCUT2D eigenvalue weighted by Gasteiger charge is -2.28. The molecule has 0 unspecified atom stereocenters. The zero-order chi connectivity index (χ0) is 15.5. The Bertz CT molecular complexity index is 696. The monoisotopic (exact) mass is 317 g/mol. The Labute approximate surface area is 133 Å². The van der Waals surface area contributed by atoms with Crippen LogP contribution in [0, 0.1) is 5.82 Å². The Balaban J connectivity index is 1.79. The lowest BCUT2D eigenvalue weighted by atomic mass is 10.0. The number of rotatable bonds is 3. The van der Waals surface area contributed by atoms with E-state index in [1.54, 1.807) is 18.2 Å². The van der Waals surface area contributed by atoms with Gasteiger partial charge in [0.25, 0.3) is 0 Å². The SMILES string of the molecule is C=CCNC(=S)N1CCc2c(noc2-c2ccc(F)cc2)C1. The largest absolute Gasteiger partial charge is 0.359 e. The molecule has 0 saturated heterocycles. The van der Waals surface area contributed by atoms with E-state index in [0.29, 0.717) is 18.2 Å². The molecule has 0 fully saturated rings. The molecule has 6 heteroatoms. The molecule has 0 spiro atoms. The number of hydrogen-bond acceptors (Lipinski definition) is 3. The third-order valence-electron chi connectivity index (χ3n) is 3.63. The van der Waals surface area contributed by atoms with Gasteiger partial charge in [-0.25, -0.2) is 4.39 Å². The van der Waals surface area contributed by atoms with Gasteiger partial charge >= 0.3 is 0 Å². The normalized spacial score (nSPS) is 13.6. The molecule has 0 bridgehead atoms. The zero-order valence-corrected chi connectivity index (χ0v) is 12.8. The van der Waals surface area contributed by atoms with E-state index in [9.17, 15) is 4.39 Å². The average Bonchev–Trinajstić information content (AvgIpc) is 2.96. The first-order valence-corrected chi connectivity index (χ1v) is 7.47. The molecule has 22 heavy (non-hydrogen) atoms. The van der Waals surface area contributed by atoms with E-state index >= 15 is 0 Å². The second-order valence-corrected chi connectivity index (χ2v) is 5.48. The van der Waals surface area contributed by atoms with E-state index < -0.39 is 0 Å². The highest BCUT2D eigenvalue weighted by atomic mass is 32.1. The van der Waals surface area contributed by atoms with Gasteiger partial charge in [0.05, 0.1) is 6.54 Å². The summed E-state index contributed by atoms with van der Waals surface area (Å²) >= 11 is 5.35. The van der Waals surface area contributed by atoms with Crippen LogP contribution < -0.4 is 5.32 Å². The lowest BCUT2D eigenvalue weighted by Crippen LogP contribution is -2.42. The lowest BCUT2D eigenvalue weighted by molar-refractivity contribution is 0.366. The van der Waals surface area contributed by atoms with Gasteiger partial charge in [-0.3, -0.25) is 0 Å². The van der Waals surface area contributed by atoms with Crippen molar-refractivity contribution in [3.63, 3.8) is 0 Å². The molecule has 1 aromatic heterocycles. The molecule has 1 aromatic carbocycles. The number of aromatic nitrogens is 1. The Morgan fingerprint density at radius 3 is 2.95 bits per heavy atom. The minimum atomic E-state index is -0.262. The van der Waals surface area contributed by atoms with E-state index in [2.05, 4.69) is 22.0 Å². The van der Waals surface area contributed by atoms with Gasteiger partial charge in [0.1, 0.15) is 11.5 Å². The maximum absolute atomic E-state index is 13.0. The summed E-state index contributed by atoms with van der Waals surface area (Å²) in [7, 11) is 0. The number of fused-ring (bicyclic) bond motifs is 1. The van der Waals surface area contributed by atoms with Crippen LogP contribution in [0.2, 0.25) is 0 Å². The van der Waals surface area contributed by atoms with Gasteiger partial charge in [0.2, 0.25) is 0 Å². The van der Waals surface area contributed by atoms with E-state index in [4.69, 9.17) is 16.7 Å². The number of thiocarbonyl (C=S) groups is 1. The smallest absolute Gasteiger partial charge is 0.170 e. The number of nitrogens with zero attached hydrogens (tertiary/aromatic N) is 2. The highest BCUT2D eigenvalue weighted by molar-refractivity contribution is 7.80. The zero-order valence-electron chi connectivity index (χ0n) is 12.0. The Morgan fingerprint density at radius 2 is 2.23 bits per heavy atom. The van der Waals surface area contributed by atoms with Crippen LogP contribution in [0.25, 0.3) is 11.3 Å². The number of hydrogen-bond donors (Lipinski definition) is 1. The second kappa shape index (κ2) is 6.27. The van der Waals surface area contributed by atoms with Gasteiger partial charge in [-0.2, -0.15) is 0 Å². The van der Waals surface area contributed by atoms with Crippen LogP contribution in [0.15, 0.2) is 41.4 Å². The van der Waals surface area contributed by atoms with E-state index in [1.807, 2.05) is 0 Å². The number of nitrogens with one attached hydrogen (secondary N) is 1. The summed E-state index contributed by atoms with van der Waals surface area (Å²) in [5, 5.41) is 7.96. The van der Waals surface area contributed by atoms with Gasteiger partial charge in [0.15, 0.2) is 10.9 Å². The first-order valence-electron chi connectivity index (χ1n) is 7.06. The van der Waals surface area contributed by atoms with Crippen LogP contribution in [0.1, 0.15) is 11.3 Å². The van der Waals surface area contributed by atoms with Crippen molar-refractivity contribution in [2.24, 2.45) is 0 Å². The van der Waals surface area contributed by atoms with Crippen molar-refractivity contribution in [3.05, 3.63) is 54.0 Å². The molecule has 114 valence electrons. The summed E-state index contributed by atoms with van der Waals surface area (Å²) in [6.07, 6.45) is 2.56. The number of halogens is 1. The maximum atomic E-state index is 13.0. The fourth-order valence-corrected chi connectivity index (χ4v) is 2.74. The van der Waals surface area contributed by atoms with Crippen molar-refractivity contribution in [1.29, 1.82) is 0 Å². The highest BCUT2D eigenvalue weighted by Crippen LogP contribution is 2.30. The van der Waals surface area contributed by atoms with Crippen molar-refractivity contribution >= 4 is 17.3 Å². The van der Waals surface area contributed by atoms with E-state index in [0.717, 1.165) is 35.5 Å². The number of benzene rings is 1. The minimum absolute atomic E-state index is 0.262. The summed E-state index contributed by atoms with van der Waals surface area (Å²) in [6, 6.07) is 6.26. The van der Waals surface area contributed by atoms with Crippen molar-refractivity contribution < 1.29 is 8.91 Å².